The number of anilines is 1. The molecule has 0 radical (unpaired) electrons. The summed E-state index contributed by atoms with van der Waals surface area (Å²) in [7, 11) is 3.11. The third kappa shape index (κ3) is 5.53. The molecule has 1 unspecified atom stereocenters. The van der Waals surface area contributed by atoms with Crippen LogP contribution in [-0.4, -0.2) is 85.5 Å². The number of methoxy groups -OCH3 is 2. The molecule has 2 amide bonds. The van der Waals surface area contributed by atoms with Gasteiger partial charge in [0.05, 0.1) is 35.5 Å². The van der Waals surface area contributed by atoms with E-state index < -0.39 is 6.09 Å². The van der Waals surface area contributed by atoms with Gasteiger partial charge in [0.15, 0.2) is 0 Å². The number of nitrogens with two attached hydrogens (primary N) is 1. The van der Waals surface area contributed by atoms with Crippen molar-refractivity contribution in [3.05, 3.63) is 22.7 Å². The van der Waals surface area contributed by atoms with Gasteiger partial charge < -0.3 is 35.4 Å². The highest BCUT2D eigenvalue weighted by atomic mass is 35.5. The van der Waals surface area contributed by atoms with Crippen LogP contribution in [0.1, 0.15) is 36.0 Å². The van der Waals surface area contributed by atoms with Crippen LogP contribution < -0.4 is 15.8 Å². The molecular formula is C21H31ClN4O5. The molecule has 172 valence electrons. The molecular weight excluding hydrogens is 424 g/mol. The van der Waals surface area contributed by atoms with E-state index in [1.807, 2.05) is 0 Å². The first kappa shape index (κ1) is 23.4. The van der Waals surface area contributed by atoms with Crippen LogP contribution >= 0.6 is 11.6 Å². The Kier molecular flexibility index (Phi) is 7.85. The molecule has 0 saturated carbocycles. The number of hydrogen-bond donors (Lipinski definition) is 3. The van der Waals surface area contributed by atoms with Crippen molar-refractivity contribution in [1.82, 2.24) is 15.1 Å². The highest BCUT2D eigenvalue weighted by Crippen LogP contribution is 2.29. The first-order valence-electron chi connectivity index (χ1n) is 10.5. The van der Waals surface area contributed by atoms with Crippen LogP contribution in [0.5, 0.6) is 5.75 Å². The quantitative estimate of drug-likeness (QED) is 0.541. The largest absolute Gasteiger partial charge is 0.496 e. The standard InChI is InChI=1S/C21H31ClN4O5/c1-30-18-11-16(23)15(22)10-14(18)20(27)24-17-6-9-25(12-19(17)31-2)8-5-13-4-3-7-26(13)21(28)29/h10-11,13,17,19H,3-9,12,23H2,1-2H3,(H,24,27)(H,28,29)/t13?,17-,19+/m1/s1. The van der Waals surface area contributed by atoms with Crippen LogP contribution in [0.25, 0.3) is 0 Å². The summed E-state index contributed by atoms with van der Waals surface area (Å²) in [6.45, 7) is 2.88. The molecule has 0 aromatic heterocycles. The number of amides is 2. The average Bonchev–Trinajstić information content (AvgIpc) is 3.23. The second-order valence-electron chi connectivity index (χ2n) is 8.08. The molecule has 2 aliphatic rings. The van der Waals surface area contributed by atoms with Gasteiger partial charge in [-0.15, -0.1) is 0 Å². The highest BCUT2D eigenvalue weighted by Gasteiger charge is 2.33. The van der Waals surface area contributed by atoms with Gasteiger partial charge in [-0.2, -0.15) is 0 Å². The third-order valence-electron chi connectivity index (χ3n) is 6.23. The maximum Gasteiger partial charge on any atom is 0.407 e. The van der Waals surface area contributed by atoms with E-state index in [0.29, 0.717) is 35.1 Å². The van der Waals surface area contributed by atoms with E-state index in [0.717, 1.165) is 38.8 Å². The van der Waals surface area contributed by atoms with E-state index in [4.69, 9.17) is 26.8 Å². The molecule has 0 bridgehead atoms. The van der Waals surface area contributed by atoms with E-state index in [2.05, 4.69) is 10.2 Å². The van der Waals surface area contributed by atoms with Crippen molar-refractivity contribution < 1.29 is 24.2 Å². The first-order chi connectivity index (χ1) is 14.8. The lowest BCUT2D eigenvalue weighted by Gasteiger charge is -2.38. The first-order valence-corrected chi connectivity index (χ1v) is 10.9. The van der Waals surface area contributed by atoms with Crippen molar-refractivity contribution in [3.63, 3.8) is 0 Å². The molecule has 4 N–H and O–H groups in total. The molecule has 2 aliphatic heterocycles. The molecule has 2 fully saturated rings. The Morgan fingerprint density at radius 2 is 2.06 bits per heavy atom. The Morgan fingerprint density at radius 3 is 2.74 bits per heavy atom. The molecule has 9 nitrogen and oxygen atoms in total. The number of carboxylic acid groups (broad SMARTS) is 1. The molecule has 0 aliphatic carbocycles. The molecule has 1 aromatic rings. The maximum absolute atomic E-state index is 12.9. The number of halogens is 1. The summed E-state index contributed by atoms with van der Waals surface area (Å²) >= 11 is 6.09. The monoisotopic (exact) mass is 454 g/mol. The average molecular weight is 455 g/mol. The van der Waals surface area contributed by atoms with Crippen LogP contribution in [-0.2, 0) is 4.74 Å². The second-order valence-corrected chi connectivity index (χ2v) is 8.49. The summed E-state index contributed by atoms with van der Waals surface area (Å²) in [5.74, 6) is 0.0765. The zero-order chi connectivity index (χ0) is 22.5. The Hall–Kier alpha value is -2.23. The Morgan fingerprint density at radius 1 is 1.29 bits per heavy atom. The molecule has 1 aromatic carbocycles. The summed E-state index contributed by atoms with van der Waals surface area (Å²) in [6, 6.07) is 2.98. The molecule has 2 heterocycles. The molecule has 3 atom stereocenters. The van der Waals surface area contributed by atoms with Crippen LogP contribution in [0, 0.1) is 0 Å². The Labute approximate surface area is 187 Å². The number of likely N-dealkylation sites (tertiary alicyclic amines) is 2. The van der Waals surface area contributed by atoms with Crippen LogP contribution in [0.3, 0.4) is 0 Å². The van der Waals surface area contributed by atoms with Gasteiger partial charge in [-0.05, 0) is 31.7 Å². The van der Waals surface area contributed by atoms with E-state index in [9.17, 15) is 14.7 Å². The SMILES string of the molecule is COc1cc(N)c(Cl)cc1C(=O)N[C@@H]1CCN(CCC2CCCN2C(=O)O)C[C@@H]1OC. The number of hydrogen-bond acceptors (Lipinski definition) is 6. The van der Waals surface area contributed by atoms with Gasteiger partial charge >= 0.3 is 6.09 Å². The van der Waals surface area contributed by atoms with E-state index in [-0.39, 0.29) is 24.1 Å². The summed E-state index contributed by atoms with van der Waals surface area (Å²) in [5.41, 5.74) is 6.48. The van der Waals surface area contributed by atoms with Crippen molar-refractivity contribution >= 4 is 29.3 Å². The van der Waals surface area contributed by atoms with E-state index in [1.165, 1.54) is 19.2 Å². The van der Waals surface area contributed by atoms with Gasteiger partial charge in [-0.1, -0.05) is 11.6 Å². The lowest BCUT2D eigenvalue weighted by Crippen LogP contribution is -2.55. The summed E-state index contributed by atoms with van der Waals surface area (Å²) in [4.78, 5) is 28.0. The molecule has 0 spiro atoms. The van der Waals surface area contributed by atoms with E-state index >= 15 is 0 Å². The number of benzene rings is 1. The number of rotatable bonds is 7. The lowest BCUT2D eigenvalue weighted by molar-refractivity contribution is 0.00458. The van der Waals surface area contributed by atoms with Gasteiger partial charge in [0.2, 0.25) is 0 Å². The van der Waals surface area contributed by atoms with Crippen LogP contribution in [0.4, 0.5) is 10.5 Å². The Balaban J connectivity index is 1.57. The van der Waals surface area contributed by atoms with Gasteiger partial charge in [0, 0.05) is 45.4 Å². The van der Waals surface area contributed by atoms with Gasteiger partial charge in [-0.3, -0.25) is 4.79 Å². The maximum atomic E-state index is 12.9. The molecule has 2 saturated heterocycles. The Bertz CT molecular complexity index is 808. The summed E-state index contributed by atoms with van der Waals surface area (Å²) < 4.78 is 10.9. The smallest absolute Gasteiger partial charge is 0.407 e. The van der Waals surface area contributed by atoms with E-state index in [1.54, 1.807) is 12.0 Å². The number of ether oxygens (including phenoxy) is 2. The minimum atomic E-state index is -0.836. The summed E-state index contributed by atoms with van der Waals surface area (Å²) in [6.07, 6.45) is 2.36. The van der Waals surface area contributed by atoms with Crippen molar-refractivity contribution in [2.45, 2.75) is 43.9 Å². The number of nitrogen functional groups attached to an aromatic ring is 1. The number of piperidine rings is 1. The zero-order valence-corrected chi connectivity index (χ0v) is 18.7. The fraction of sp³-hybridized carbons (Fsp3) is 0.619. The number of carbonyl (C=O) groups is 2. The second kappa shape index (κ2) is 10.4. The van der Waals surface area contributed by atoms with Gasteiger partial charge in [0.25, 0.3) is 5.91 Å². The summed E-state index contributed by atoms with van der Waals surface area (Å²) in [5, 5.41) is 12.6. The fourth-order valence-electron chi connectivity index (χ4n) is 4.47. The minimum Gasteiger partial charge on any atom is -0.496 e. The topological polar surface area (TPSA) is 117 Å². The predicted octanol–water partition coefficient (Wildman–Crippen LogP) is 2.28. The minimum absolute atomic E-state index is 0.0821. The highest BCUT2D eigenvalue weighted by molar-refractivity contribution is 6.33. The normalized spacial score (nSPS) is 24.2. The number of carbonyl (C=O) groups excluding carboxylic acids is 1. The molecule has 3 rings (SSSR count). The molecule has 10 heteroatoms. The van der Waals surface area contributed by atoms with Crippen LogP contribution in [0.2, 0.25) is 5.02 Å². The fourth-order valence-corrected chi connectivity index (χ4v) is 4.63. The van der Waals surface area contributed by atoms with Gasteiger partial charge in [0.1, 0.15) is 5.75 Å². The number of nitrogens with one attached hydrogen (secondary N) is 1. The zero-order valence-electron chi connectivity index (χ0n) is 18.0. The van der Waals surface area contributed by atoms with Crippen LogP contribution in [0.15, 0.2) is 12.1 Å². The van der Waals surface area contributed by atoms with Crippen molar-refractivity contribution in [3.8, 4) is 5.75 Å². The van der Waals surface area contributed by atoms with Crippen molar-refractivity contribution in [2.24, 2.45) is 0 Å². The molecule has 31 heavy (non-hydrogen) atoms. The van der Waals surface area contributed by atoms with Crippen molar-refractivity contribution in [1.29, 1.82) is 0 Å². The number of nitrogens with zero attached hydrogens (tertiary/aromatic N) is 2. The lowest BCUT2D eigenvalue weighted by atomic mass is 10.00. The predicted molar refractivity (Wildman–Crippen MR) is 118 cm³/mol. The third-order valence-corrected chi connectivity index (χ3v) is 6.55. The van der Waals surface area contributed by atoms with Gasteiger partial charge in [-0.25, -0.2) is 4.79 Å². The van der Waals surface area contributed by atoms with Crippen molar-refractivity contribution in [2.75, 3.05) is 46.1 Å².